The van der Waals surface area contributed by atoms with Crippen molar-refractivity contribution in [3.63, 3.8) is 0 Å². The lowest BCUT2D eigenvalue weighted by Crippen LogP contribution is -2.36. The van der Waals surface area contributed by atoms with Gasteiger partial charge in [0, 0.05) is 25.2 Å². The number of Topliss-reactive ketones (excluding diaryl/α,β-unsaturated/α-hetero) is 1. The standard InChI is InChI=1S/C19H24N2O3S.ClH/c1-16(22)18-10-7-11-19(14-18)25(23,24)21(13-12-20(2)3)15-17-8-5-4-6-9-17;/h4-11,14H,12-13,15H2,1-3H3;1H. The van der Waals surface area contributed by atoms with Crippen molar-refractivity contribution < 1.29 is 13.2 Å². The fraction of sp³-hybridized carbons (Fsp3) is 0.316. The average molecular weight is 397 g/mol. The second-order valence-electron chi connectivity index (χ2n) is 6.21. The molecule has 7 heteroatoms. The molecule has 0 saturated heterocycles. The van der Waals surface area contributed by atoms with Gasteiger partial charge in [0.05, 0.1) is 4.90 Å². The summed E-state index contributed by atoms with van der Waals surface area (Å²) in [5.74, 6) is -0.153. The predicted octanol–water partition coefficient (Wildman–Crippen LogP) is 3.06. The first-order chi connectivity index (χ1) is 11.8. The number of sulfonamides is 1. The third-order valence-corrected chi connectivity index (χ3v) is 5.72. The highest BCUT2D eigenvalue weighted by molar-refractivity contribution is 7.89. The molecular formula is C19H25ClN2O3S. The van der Waals surface area contributed by atoms with Crippen LogP contribution in [0.5, 0.6) is 0 Å². The molecule has 0 saturated carbocycles. The summed E-state index contributed by atoms with van der Waals surface area (Å²) in [5, 5.41) is 0. The van der Waals surface area contributed by atoms with Gasteiger partial charge in [0.15, 0.2) is 5.78 Å². The minimum absolute atomic E-state index is 0. The zero-order valence-electron chi connectivity index (χ0n) is 15.3. The van der Waals surface area contributed by atoms with Gasteiger partial charge in [-0.25, -0.2) is 8.42 Å². The van der Waals surface area contributed by atoms with Crippen LogP contribution in [0.25, 0.3) is 0 Å². The number of carbonyl (C=O) groups is 1. The molecule has 2 aromatic rings. The predicted molar refractivity (Wildman–Crippen MR) is 106 cm³/mol. The van der Waals surface area contributed by atoms with Crippen molar-refractivity contribution in [2.75, 3.05) is 27.2 Å². The zero-order valence-corrected chi connectivity index (χ0v) is 16.9. The molecule has 0 spiro atoms. The summed E-state index contributed by atoms with van der Waals surface area (Å²) in [5.41, 5.74) is 1.32. The Morgan fingerprint density at radius 1 is 0.962 bits per heavy atom. The summed E-state index contributed by atoms with van der Waals surface area (Å²) < 4.78 is 27.7. The van der Waals surface area contributed by atoms with Crippen molar-refractivity contribution >= 4 is 28.2 Å². The minimum atomic E-state index is -3.70. The summed E-state index contributed by atoms with van der Waals surface area (Å²) in [4.78, 5) is 13.7. The van der Waals surface area contributed by atoms with Gasteiger partial charge in [0.1, 0.15) is 0 Å². The third-order valence-electron chi connectivity index (χ3n) is 3.88. The summed E-state index contributed by atoms with van der Waals surface area (Å²) in [6, 6.07) is 15.7. The Labute approximate surface area is 162 Å². The highest BCUT2D eigenvalue weighted by Crippen LogP contribution is 2.20. The molecule has 142 valence electrons. The highest BCUT2D eigenvalue weighted by atomic mass is 35.5. The van der Waals surface area contributed by atoms with Gasteiger partial charge in [-0.05, 0) is 38.7 Å². The molecular weight excluding hydrogens is 372 g/mol. The van der Waals surface area contributed by atoms with Crippen molar-refractivity contribution in [3.8, 4) is 0 Å². The molecule has 0 bridgehead atoms. The van der Waals surface area contributed by atoms with Crippen LogP contribution in [0.15, 0.2) is 59.5 Å². The SMILES string of the molecule is CC(=O)c1cccc(S(=O)(=O)N(CCN(C)C)Cc2ccccc2)c1.Cl. The number of rotatable bonds is 8. The van der Waals surface area contributed by atoms with Crippen molar-refractivity contribution in [3.05, 3.63) is 65.7 Å². The smallest absolute Gasteiger partial charge is 0.243 e. The minimum Gasteiger partial charge on any atom is -0.308 e. The first-order valence-electron chi connectivity index (χ1n) is 8.10. The van der Waals surface area contributed by atoms with E-state index in [1.807, 2.05) is 49.3 Å². The van der Waals surface area contributed by atoms with Crippen LogP contribution in [0.1, 0.15) is 22.8 Å². The maximum atomic E-state index is 13.1. The second-order valence-corrected chi connectivity index (χ2v) is 8.15. The Hall–Kier alpha value is -1.73. The molecule has 26 heavy (non-hydrogen) atoms. The van der Waals surface area contributed by atoms with Crippen molar-refractivity contribution in [1.82, 2.24) is 9.21 Å². The van der Waals surface area contributed by atoms with E-state index in [0.29, 0.717) is 25.2 Å². The van der Waals surface area contributed by atoms with Gasteiger partial charge in [-0.15, -0.1) is 12.4 Å². The number of likely N-dealkylation sites (N-methyl/N-ethyl adjacent to an activating group) is 1. The number of halogens is 1. The first-order valence-corrected chi connectivity index (χ1v) is 9.54. The summed E-state index contributed by atoms with van der Waals surface area (Å²) in [6.07, 6.45) is 0. The average Bonchev–Trinajstić information content (AvgIpc) is 2.59. The van der Waals surface area contributed by atoms with E-state index in [1.54, 1.807) is 12.1 Å². The maximum absolute atomic E-state index is 13.1. The largest absolute Gasteiger partial charge is 0.308 e. The molecule has 2 aromatic carbocycles. The van der Waals surface area contributed by atoms with E-state index in [2.05, 4.69) is 0 Å². The fourth-order valence-electron chi connectivity index (χ4n) is 2.41. The highest BCUT2D eigenvalue weighted by Gasteiger charge is 2.25. The molecule has 0 N–H and O–H groups in total. The number of carbonyl (C=O) groups excluding carboxylic acids is 1. The van der Waals surface area contributed by atoms with E-state index in [1.165, 1.54) is 23.4 Å². The Morgan fingerprint density at radius 2 is 1.62 bits per heavy atom. The molecule has 5 nitrogen and oxygen atoms in total. The number of ketones is 1. The van der Waals surface area contributed by atoms with Crippen molar-refractivity contribution in [2.24, 2.45) is 0 Å². The lowest BCUT2D eigenvalue weighted by atomic mass is 10.2. The molecule has 2 rings (SSSR count). The lowest BCUT2D eigenvalue weighted by Gasteiger charge is -2.24. The van der Waals surface area contributed by atoms with E-state index >= 15 is 0 Å². The lowest BCUT2D eigenvalue weighted by molar-refractivity contribution is 0.101. The van der Waals surface area contributed by atoms with Crippen LogP contribution in [0, 0.1) is 0 Å². The molecule has 0 heterocycles. The van der Waals surface area contributed by atoms with Gasteiger partial charge in [-0.1, -0.05) is 42.5 Å². The molecule has 0 aliphatic heterocycles. The molecule has 0 aliphatic rings. The van der Waals surface area contributed by atoms with Gasteiger partial charge < -0.3 is 4.90 Å². The normalized spacial score (nSPS) is 11.4. The molecule has 0 amide bonds. The molecule has 0 aromatic heterocycles. The van der Waals surface area contributed by atoms with Crippen LogP contribution < -0.4 is 0 Å². The van der Waals surface area contributed by atoms with Gasteiger partial charge in [-0.2, -0.15) is 4.31 Å². The van der Waals surface area contributed by atoms with E-state index in [9.17, 15) is 13.2 Å². The third kappa shape index (κ3) is 5.92. The summed E-state index contributed by atoms with van der Waals surface area (Å²) >= 11 is 0. The Kier molecular flexibility index (Phi) is 8.43. The van der Waals surface area contributed by atoms with Crippen molar-refractivity contribution in [1.29, 1.82) is 0 Å². The maximum Gasteiger partial charge on any atom is 0.243 e. The van der Waals surface area contributed by atoms with Crippen molar-refractivity contribution in [2.45, 2.75) is 18.4 Å². The number of benzene rings is 2. The van der Waals surface area contributed by atoms with Crippen LogP contribution in [-0.4, -0.2) is 50.6 Å². The topological polar surface area (TPSA) is 57.7 Å². The Balaban J connectivity index is 0.00000338. The summed E-state index contributed by atoms with van der Waals surface area (Å²) in [7, 11) is 0.116. The zero-order chi connectivity index (χ0) is 18.4. The molecule has 0 unspecified atom stereocenters. The quantitative estimate of drug-likeness (QED) is 0.643. The second kappa shape index (κ2) is 9.83. The van der Waals surface area contributed by atoms with Gasteiger partial charge in [-0.3, -0.25) is 4.79 Å². The Morgan fingerprint density at radius 3 is 2.19 bits per heavy atom. The summed E-state index contributed by atoms with van der Waals surface area (Å²) in [6.45, 7) is 2.70. The molecule has 0 atom stereocenters. The molecule has 0 fully saturated rings. The van der Waals surface area contributed by atoms with Crippen LogP contribution in [0.2, 0.25) is 0 Å². The fourth-order valence-corrected chi connectivity index (χ4v) is 3.87. The first kappa shape index (κ1) is 22.3. The van der Waals surface area contributed by atoms with Crippen LogP contribution in [-0.2, 0) is 16.6 Å². The van der Waals surface area contributed by atoms with Gasteiger partial charge in [0.2, 0.25) is 10.0 Å². The molecule has 0 aliphatic carbocycles. The number of nitrogens with zero attached hydrogens (tertiary/aromatic N) is 2. The van der Waals surface area contributed by atoms with E-state index in [4.69, 9.17) is 0 Å². The van der Waals surface area contributed by atoms with Crippen LogP contribution in [0.4, 0.5) is 0 Å². The number of hydrogen-bond acceptors (Lipinski definition) is 4. The van der Waals surface area contributed by atoms with Crippen LogP contribution >= 0.6 is 12.4 Å². The monoisotopic (exact) mass is 396 g/mol. The van der Waals surface area contributed by atoms with E-state index in [0.717, 1.165) is 5.56 Å². The molecule has 0 radical (unpaired) electrons. The van der Waals surface area contributed by atoms with E-state index in [-0.39, 0.29) is 23.1 Å². The van der Waals surface area contributed by atoms with E-state index < -0.39 is 10.0 Å². The van der Waals surface area contributed by atoms with Gasteiger partial charge >= 0.3 is 0 Å². The van der Waals surface area contributed by atoms with Crippen LogP contribution in [0.3, 0.4) is 0 Å². The number of hydrogen-bond donors (Lipinski definition) is 0. The Bertz CT molecular complexity index is 824. The van der Waals surface area contributed by atoms with Gasteiger partial charge in [0.25, 0.3) is 0 Å².